The highest BCUT2D eigenvalue weighted by atomic mass is 32.1. The van der Waals surface area contributed by atoms with Crippen molar-refractivity contribution in [3.05, 3.63) is 70.3 Å². The number of carbonyl (C=O) groups is 1. The lowest BCUT2D eigenvalue weighted by Crippen LogP contribution is -2.18. The monoisotopic (exact) mass is 419 g/mol. The molecule has 152 valence electrons. The first-order valence-corrected chi connectivity index (χ1v) is 10.6. The number of benzene rings is 1. The van der Waals surface area contributed by atoms with E-state index in [9.17, 15) is 9.59 Å². The van der Waals surface area contributed by atoms with Crippen molar-refractivity contribution in [2.24, 2.45) is 0 Å². The molecule has 1 aromatic carbocycles. The maximum Gasteiger partial charge on any atom is 0.252 e. The molecular formula is C22H21N5O2S. The molecule has 3 aromatic heterocycles. The summed E-state index contributed by atoms with van der Waals surface area (Å²) in [7, 11) is 0. The maximum atomic E-state index is 12.4. The Balaban J connectivity index is 1.78. The van der Waals surface area contributed by atoms with Gasteiger partial charge in [0.15, 0.2) is 0 Å². The zero-order valence-corrected chi connectivity index (χ0v) is 17.3. The van der Waals surface area contributed by atoms with Crippen LogP contribution in [0.2, 0.25) is 0 Å². The molecule has 0 saturated heterocycles. The van der Waals surface area contributed by atoms with Gasteiger partial charge < -0.3 is 5.32 Å². The molecule has 0 aliphatic carbocycles. The Morgan fingerprint density at radius 3 is 2.70 bits per heavy atom. The number of amides is 1. The first-order chi connectivity index (χ1) is 14.6. The van der Waals surface area contributed by atoms with Crippen LogP contribution in [0.15, 0.2) is 64.8 Å². The van der Waals surface area contributed by atoms with Crippen molar-refractivity contribution >= 4 is 23.1 Å². The largest absolute Gasteiger partial charge is 0.310 e. The summed E-state index contributed by atoms with van der Waals surface area (Å²) in [6, 6.07) is 16.6. The Morgan fingerprint density at radius 2 is 1.97 bits per heavy atom. The van der Waals surface area contributed by atoms with Gasteiger partial charge >= 0.3 is 0 Å². The van der Waals surface area contributed by atoms with Gasteiger partial charge in [0.05, 0.1) is 10.6 Å². The fourth-order valence-corrected chi connectivity index (χ4v) is 3.70. The van der Waals surface area contributed by atoms with Gasteiger partial charge in [0, 0.05) is 24.1 Å². The lowest BCUT2D eigenvalue weighted by molar-refractivity contribution is -0.116. The smallest absolute Gasteiger partial charge is 0.252 e. The van der Waals surface area contributed by atoms with Crippen molar-refractivity contribution in [3.8, 4) is 27.8 Å². The van der Waals surface area contributed by atoms with E-state index in [0.717, 1.165) is 23.3 Å². The van der Waals surface area contributed by atoms with Crippen molar-refractivity contribution in [2.45, 2.75) is 26.2 Å². The number of hydrogen-bond acceptors (Lipinski definition) is 5. The van der Waals surface area contributed by atoms with Crippen LogP contribution in [0.4, 0.5) is 5.82 Å². The summed E-state index contributed by atoms with van der Waals surface area (Å²) >= 11 is 1.55. The molecule has 7 nitrogen and oxygen atoms in total. The van der Waals surface area contributed by atoms with Gasteiger partial charge in [-0.1, -0.05) is 49.7 Å². The second kappa shape index (κ2) is 8.87. The number of hydrogen-bond donors (Lipinski definition) is 2. The molecule has 1 amide bonds. The van der Waals surface area contributed by atoms with Crippen molar-refractivity contribution < 1.29 is 4.79 Å². The molecule has 0 bridgehead atoms. The highest BCUT2D eigenvalue weighted by Crippen LogP contribution is 2.27. The van der Waals surface area contributed by atoms with Gasteiger partial charge in [-0.05, 0) is 17.9 Å². The summed E-state index contributed by atoms with van der Waals surface area (Å²) < 4.78 is 1.48. The number of carbonyl (C=O) groups excluding carboxylic acids is 1. The highest BCUT2D eigenvalue weighted by Gasteiger charge is 2.16. The van der Waals surface area contributed by atoms with Gasteiger partial charge in [0.25, 0.3) is 5.56 Å². The van der Waals surface area contributed by atoms with Crippen LogP contribution in [0, 0.1) is 0 Å². The third kappa shape index (κ3) is 4.38. The van der Waals surface area contributed by atoms with E-state index >= 15 is 0 Å². The quantitative estimate of drug-likeness (QED) is 0.462. The van der Waals surface area contributed by atoms with E-state index in [1.165, 1.54) is 10.7 Å². The second-order valence-corrected chi connectivity index (χ2v) is 7.72. The van der Waals surface area contributed by atoms with Crippen LogP contribution in [0.1, 0.15) is 26.2 Å². The van der Waals surface area contributed by atoms with Crippen molar-refractivity contribution in [3.63, 3.8) is 0 Å². The normalized spacial score (nSPS) is 10.8. The highest BCUT2D eigenvalue weighted by molar-refractivity contribution is 7.13. The van der Waals surface area contributed by atoms with E-state index in [4.69, 9.17) is 0 Å². The average Bonchev–Trinajstić information content (AvgIpc) is 3.42. The Morgan fingerprint density at radius 1 is 1.13 bits per heavy atom. The number of anilines is 1. The number of thiophene rings is 1. The Bertz CT molecular complexity index is 1200. The van der Waals surface area contributed by atoms with Gasteiger partial charge in [-0.15, -0.1) is 11.3 Å². The molecule has 0 unspecified atom stereocenters. The summed E-state index contributed by atoms with van der Waals surface area (Å²) in [6.45, 7) is 2.04. The molecule has 4 aromatic rings. The minimum Gasteiger partial charge on any atom is -0.310 e. The van der Waals surface area contributed by atoms with Gasteiger partial charge in [-0.3, -0.25) is 14.6 Å². The van der Waals surface area contributed by atoms with E-state index in [2.05, 4.69) is 20.4 Å². The average molecular weight is 420 g/mol. The molecule has 4 rings (SSSR count). The van der Waals surface area contributed by atoms with Crippen LogP contribution in [0.5, 0.6) is 0 Å². The molecule has 30 heavy (non-hydrogen) atoms. The van der Waals surface area contributed by atoms with Crippen LogP contribution in [0.3, 0.4) is 0 Å². The molecule has 2 N–H and O–H groups in total. The number of H-pyrrole nitrogens is 1. The zero-order valence-electron chi connectivity index (χ0n) is 16.5. The molecular weight excluding hydrogens is 398 g/mol. The number of aromatic amines is 1. The van der Waals surface area contributed by atoms with Crippen molar-refractivity contribution in [1.29, 1.82) is 0 Å². The van der Waals surface area contributed by atoms with E-state index in [0.29, 0.717) is 23.6 Å². The summed E-state index contributed by atoms with van der Waals surface area (Å²) in [6.07, 6.45) is 2.15. The van der Waals surface area contributed by atoms with E-state index in [-0.39, 0.29) is 17.4 Å². The number of unbranched alkanes of at least 4 members (excludes halogenated alkanes) is 1. The lowest BCUT2D eigenvalue weighted by Gasteiger charge is -2.09. The Hall–Kier alpha value is -3.52. The van der Waals surface area contributed by atoms with E-state index < -0.39 is 0 Å². The number of rotatable bonds is 7. The molecule has 0 radical (unpaired) electrons. The SMILES string of the molecule is CCCCC(=O)Nc1cc(-c2cccs2)nn1-c1nc(-c2ccccc2)cc(=O)[nH]1. The zero-order chi connectivity index (χ0) is 20.9. The number of aromatic nitrogens is 4. The molecule has 0 aliphatic heterocycles. The summed E-state index contributed by atoms with van der Waals surface area (Å²) in [4.78, 5) is 33.0. The first-order valence-electron chi connectivity index (χ1n) is 9.75. The predicted molar refractivity (Wildman–Crippen MR) is 119 cm³/mol. The van der Waals surface area contributed by atoms with Crippen LogP contribution in [-0.4, -0.2) is 25.7 Å². The Labute approximate surface area is 177 Å². The second-order valence-electron chi connectivity index (χ2n) is 6.78. The molecule has 0 fully saturated rings. The third-order valence-electron chi connectivity index (χ3n) is 4.51. The molecule has 0 spiro atoms. The fraction of sp³-hybridized carbons (Fsp3) is 0.182. The van der Waals surface area contributed by atoms with E-state index in [1.54, 1.807) is 17.4 Å². The lowest BCUT2D eigenvalue weighted by atomic mass is 10.1. The summed E-state index contributed by atoms with van der Waals surface area (Å²) in [5.74, 6) is 0.611. The third-order valence-corrected chi connectivity index (χ3v) is 5.40. The molecule has 0 saturated carbocycles. The predicted octanol–water partition coefficient (Wildman–Crippen LogP) is 4.48. The first kappa shape index (κ1) is 19.8. The summed E-state index contributed by atoms with van der Waals surface area (Å²) in [5, 5.41) is 9.48. The molecule has 0 aliphatic rings. The van der Waals surface area contributed by atoms with Gasteiger partial charge in [-0.25, -0.2) is 4.98 Å². The number of nitrogens with zero attached hydrogens (tertiary/aromatic N) is 3. The molecule has 3 heterocycles. The number of nitrogens with one attached hydrogen (secondary N) is 2. The topological polar surface area (TPSA) is 92.7 Å². The van der Waals surface area contributed by atoms with Crippen LogP contribution in [0.25, 0.3) is 27.8 Å². The minimum atomic E-state index is -0.296. The van der Waals surface area contributed by atoms with Gasteiger partial charge in [-0.2, -0.15) is 9.78 Å². The van der Waals surface area contributed by atoms with Crippen LogP contribution < -0.4 is 10.9 Å². The molecule has 8 heteroatoms. The van der Waals surface area contributed by atoms with Crippen LogP contribution >= 0.6 is 11.3 Å². The fourth-order valence-electron chi connectivity index (χ4n) is 3.02. The van der Waals surface area contributed by atoms with Gasteiger partial charge in [0.2, 0.25) is 11.9 Å². The minimum absolute atomic E-state index is 0.0997. The Kier molecular flexibility index (Phi) is 5.85. The molecule has 0 atom stereocenters. The van der Waals surface area contributed by atoms with Crippen LogP contribution in [-0.2, 0) is 4.79 Å². The van der Waals surface area contributed by atoms with Gasteiger partial charge in [0.1, 0.15) is 11.5 Å². The summed E-state index contributed by atoms with van der Waals surface area (Å²) in [5.41, 5.74) is 1.76. The van der Waals surface area contributed by atoms with Crippen molar-refractivity contribution in [2.75, 3.05) is 5.32 Å². The van der Waals surface area contributed by atoms with E-state index in [1.807, 2.05) is 54.8 Å². The maximum absolute atomic E-state index is 12.4. The standard InChI is InChI=1S/C22H21N5O2S/c1-2-3-11-20(28)24-19-13-17(18-10-7-12-30-18)26-27(19)22-23-16(14-21(29)25-22)15-8-5-4-6-9-15/h4-10,12-14H,2-3,11H2,1H3,(H,24,28)(H,23,25,29). The van der Waals surface area contributed by atoms with Crippen molar-refractivity contribution in [1.82, 2.24) is 19.7 Å².